The first-order valence-electron chi connectivity index (χ1n) is 5.49. The van der Waals surface area contributed by atoms with Crippen molar-refractivity contribution in [2.75, 3.05) is 0 Å². The van der Waals surface area contributed by atoms with Gasteiger partial charge in [0.1, 0.15) is 10.6 Å². The summed E-state index contributed by atoms with van der Waals surface area (Å²) in [6, 6.07) is 0. The fourth-order valence-electron chi connectivity index (χ4n) is 1.86. The lowest BCUT2D eigenvalue weighted by molar-refractivity contribution is 0.459. The Bertz CT molecular complexity index is 769. The first-order valence-corrected chi connectivity index (χ1v) is 6.37. The molecule has 18 heavy (non-hydrogen) atoms. The fourth-order valence-corrected chi connectivity index (χ4v) is 2.74. The molecule has 0 saturated heterocycles. The Kier molecular flexibility index (Phi) is 2.52. The van der Waals surface area contributed by atoms with Crippen LogP contribution >= 0.6 is 11.3 Å². The average molecular weight is 261 g/mol. The van der Waals surface area contributed by atoms with Crippen LogP contribution in [-0.2, 0) is 6.54 Å². The smallest absolute Gasteiger partial charge is 0.262 e. The second-order valence-corrected chi connectivity index (χ2v) is 4.98. The highest BCUT2D eigenvalue weighted by molar-refractivity contribution is 7.16. The maximum absolute atomic E-state index is 12.3. The zero-order valence-electron chi connectivity index (χ0n) is 10.0. The van der Waals surface area contributed by atoms with Crippen LogP contribution in [0.5, 0.6) is 0 Å². The highest BCUT2D eigenvalue weighted by Gasteiger charge is 2.10. The highest BCUT2D eigenvalue weighted by atomic mass is 32.1. The highest BCUT2D eigenvalue weighted by Crippen LogP contribution is 2.19. The molecule has 0 aliphatic carbocycles. The standard InChI is InChI=1S/C12H11N3O2S/c1-7-5-18-11-10(7)12(16)15(6-14-11)4-9-3-13-8(2)17-9/h3,5-6H,4H2,1-2H3. The van der Waals surface area contributed by atoms with E-state index in [4.69, 9.17) is 4.42 Å². The minimum atomic E-state index is -0.0344. The van der Waals surface area contributed by atoms with Gasteiger partial charge in [0.15, 0.2) is 5.89 Å². The zero-order valence-corrected chi connectivity index (χ0v) is 10.8. The summed E-state index contributed by atoms with van der Waals surface area (Å²) in [4.78, 5) is 21.4. The van der Waals surface area contributed by atoms with E-state index < -0.39 is 0 Å². The third kappa shape index (κ3) is 1.74. The van der Waals surface area contributed by atoms with E-state index in [1.165, 1.54) is 11.3 Å². The van der Waals surface area contributed by atoms with E-state index in [1.54, 1.807) is 24.0 Å². The van der Waals surface area contributed by atoms with Crippen molar-refractivity contribution in [2.24, 2.45) is 0 Å². The molecule has 0 bridgehead atoms. The van der Waals surface area contributed by atoms with E-state index in [1.807, 2.05) is 12.3 Å². The second kappa shape index (κ2) is 4.06. The van der Waals surface area contributed by atoms with Crippen molar-refractivity contribution in [1.29, 1.82) is 0 Å². The third-order valence-corrected chi connectivity index (χ3v) is 3.74. The topological polar surface area (TPSA) is 60.9 Å². The lowest BCUT2D eigenvalue weighted by atomic mass is 10.3. The van der Waals surface area contributed by atoms with Gasteiger partial charge in [0.2, 0.25) is 0 Å². The van der Waals surface area contributed by atoms with Crippen LogP contribution in [0.25, 0.3) is 10.2 Å². The molecule has 0 amide bonds. The molecular formula is C12H11N3O2S. The molecule has 92 valence electrons. The predicted octanol–water partition coefficient (Wildman–Crippen LogP) is 2.11. The first kappa shape index (κ1) is 11.2. The zero-order chi connectivity index (χ0) is 12.7. The van der Waals surface area contributed by atoms with Gasteiger partial charge in [0, 0.05) is 6.92 Å². The van der Waals surface area contributed by atoms with Gasteiger partial charge >= 0.3 is 0 Å². The summed E-state index contributed by atoms with van der Waals surface area (Å²) in [5, 5.41) is 2.64. The quantitative estimate of drug-likeness (QED) is 0.709. The number of aromatic nitrogens is 3. The lowest BCUT2D eigenvalue weighted by Gasteiger charge is -2.02. The van der Waals surface area contributed by atoms with Gasteiger partial charge < -0.3 is 4.42 Å². The lowest BCUT2D eigenvalue weighted by Crippen LogP contribution is -2.20. The number of hydrogen-bond donors (Lipinski definition) is 0. The molecule has 3 heterocycles. The van der Waals surface area contributed by atoms with Gasteiger partial charge in [-0.15, -0.1) is 11.3 Å². The molecule has 0 saturated carbocycles. The Balaban J connectivity index is 2.10. The number of fused-ring (bicyclic) bond motifs is 1. The molecule has 0 fully saturated rings. The van der Waals surface area contributed by atoms with Gasteiger partial charge in [-0.3, -0.25) is 9.36 Å². The molecular weight excluding hydrogens is 250 g/mol. The predicted molar refractivity (Wildman–Crippen MR) is 69.0 cm³/mol. The van der Waals surface area contributed by atoms with Crippen LogP contribution in [-0.4, -0.2) is 14.5 Å². The van der Waals surface area contributed by atoms with Gasteiger partial charge in [-0.05, 0) is 17.9 Å². The van der Waals surface area contributed by atoms with Gasteiger partial charge in [-0.2, -0.15) is 0 Å². The van der Waals surface area contributed by atoms with E-state index in [0.29, 0.717) is 23.6 Å². The molecule has 0 radical (unpaired) electrons. The normalized spacial score (nSPS) is 11.2. The molecule has 0 N–H and O–H groups in total. The van der Waals surface area contributed by atoms with Crippen molar-refractivity contribution in [1.82, 2.24) is 14.5 Å². The van der Waals surface area contributed by atoms with Crippen molar-refractivity contribution < 1.29 is 4.42 Å². The monoisotopic (exact) mass is 261 g/mol. The fraction of sp³-hybridized carbons (Fsp3) is 0.250. The number of thiophene rings is 1. The van der Waals surface area contributed by atoms with Crippen LogP contribution in [0.1, 0.15) is 17.2 Å². The molecule has 0 unspecified atom stereocenters. The average Bonchev–Trinajstić information content (AvgIpc) is 2.90. The molecule has 3 rings (SSSR count). The van der Waals surface area contributed by atoms with E-state index in [-0.39, 0.29) is 5.56 Å². The third-order valence-electron chi connectivity index (χ3n) is 2.74. The van der Waals surface area contributed by atoms with E-state index in [0.717, 1.165) is 10.4 Å². The van der Waals surface area contributed by atoms with Crippen molar-refractivity contribution in [2.45, 2.75) is 20.4 Å². The van der Waals surface area contributed by atoms with E-state index in [2.05, 4.69) is 9.97 Å². The Labute approximate surface area is 107 Å². The van der Waals surface area contributed by atoms with Gasteiger partial charge in [-0.25, -0.2) is 9.97 Å². The molecule has 6 heteroatoms. The summed E-state index contributed by atoms with van der Waals surface area (Å²) in [6.07, 6.45) is 3.19. The summed E-state index contributed by atoms with van der Waals surface area (Å²) >= 11 is 1.49. The van der Waals surface area contributed by atoms with Crippen molar-refractivity contribution in [3.8, 4) is 0 Å². The molecule has 0 spiro atoms. The second-order valence-electron chi connectivity index (χ2n) is 4.12. The molecule has 5 nitrogen and oxygen atoms in total. The summed E-state index contributed by atoms with van der Waals surface area (Å²) in [7, 11) is 0. The molecule has 0 aromatic carbocycles. The molecule has 0 atom stereocenters. The Hall–Kier alpha value is -1.95. The SMILES string of the molecule is Cc1ncc(Cn2cnc3scc(C)c3c2=O)o1. The largest absolute Gasteiger partial charge is 0.444 e. The van der Waals surface area contributed by atoms with Gasteiger partial charge in [-0.1, -0.05) is 0 Å². The minimum absolute atomic E-state index is 0.0344. The number of nitrogens with zero attached hydrogens (tertiary/aromatic N) is 3. The van der Waals surface area contributed by atoms with Crippen molar-refractivity contribution >= 4 is 21.6 Å². The molecule has 3 aromatic rings. The first-order chi connectivity index (χ1) is 8.65. The minimum Gasteiger partial charge on any atom is -0.444 e. The van der Waals surface area contributed by atoms with E-state index in [9.17, 15) is 4.79 Å². The van der Waals surface area contributed by atoms with Crippen LogP contribution in [0.15, 0.2) is 27.1 Å². The Morgan fingerprint density at radius 1 is 1.39 bits per heavy atom. The van der Waals surface area contributed by atoms with Crippen LogP contribution in [0.2, 0.25) is 0 Å². The van der Waals surface area contributed by atoms with Gasteiger partial charge in [0.25, 0.3) is 5.56 Å². The maximum Gasteiger partial charge on any atom is 0.262 e. The molecule has 3 aromatic heterocycles. The number of hydrogen-bond acceptors (Lipinski definition) is 5. The van der Waals surface area contributed by atoms with Crippen LogP contribution < -0.4 is 5.56 Å². The van der Waals surface area contributed by atoms with Crippen LogP contribution in [0, 0.1) is 13.8 Å². The molecule has 0 aliphatic rings. The van der Waals surface area contributed by atoms with Crippen LogP contribution in [0.3, 0.4) is 0 Å². The van der Waals surface area contributed by atoms with E-state index >= 15 is 0 Å². The molecule has 0 aliphatic heterocycles. The number of aryl methyl sites for hydroxylation is 2. The van der Waals surface area contributed by atoms with Crippen LogP contribution in [0.4, 0.5) is 0 Å². The summed E-state index contributed by atoms with van der Waals surface area (Å²) in [5.74, 6) is 1.25. The Morgan fingerprint density at radius 2 is 2.22 bits per heavy atom. The Morgan fingerprint density at radius 3 is 2.94 bits per heavy atom. The van der Waals surface area contributed by atoms with Gasteiger partial charge in [0.05, 0.1) is 24.5 Å². The summed E-state index contributed by atoms with van der Waals surface area (Å²) < 4.78 is 6.91. The van der Waals surface area contributed by atoms with Crippen molar-refractivity contribution in [3.63, 3.8) is 0 Å². The summed E-state index contributed by atoms with van der Waals surface area (Å²) in [5.41, 5.74) is 0.934. The number of oxazole rings is 1. The van der Waals surface area contributed by atoms with Crippen molar-refractivity contribution in [3.05, 3.63) is 45.5 Å². The summed E-state index contributed by atoms with van der Waals surface area (Å²) in [6.45, 7) is 4.06. The number of rotatable bonds is 2. The maximum atomic E-state index is 12.3.